The van der Waals surface area contributed by atoms with Gasteiger partial charge in [-0.1, -0.05) is 31.2 Å². The van der Waals surface area contributed by atoms with Gasteiger partial charge in [0.1, 0.15) is 0 Å². The molecule has 1 unspecified atom stereocenters. The maximum Gasteiger partial charge on any atom is 0.335 e. The van der Waals surface area contributed by atoms with Crippen LogP contribution in [0.25, 0.3) is 0 Å². The Hall–Kier alpha value is -2.66. The van der Waals surface area contributed by atoms with Crippen molar-refractivity contribution >= 4 is 17.6 Å². The average Bonchev–Trinajstić information content (AvgIpc) is 2.55. The molecular formula is C20H23NO4. The van der Waals surface area contributed by atoms with Gasteiger partial charge in [0.05, 0.1) is 12.2 Å². The molecule has 2 aromatic carbocycles. The van der Waals surface area contributed by atoms with Gasteiger partial charge in [0.2, 0.25) is 5.91 Å². The van der Waals surface area contributed by atoms with E-state index in [2.05, 4.69) is 5.32 Å². The van der Waals surface area contributed by atoms with Crippen LogP contribution in [-0.2, 0) is 16.1 Å². The highest BCUT2D eigenvalue weighted by Crippen LogP contribution is 2.23. The number of benzene rings is 2. The summed E-state index contributed by atoms with van der Waals surface area (Å²) >= 11 is 0. The van der Waals surface area contributed by atoms with Crippen LogP contribution in [0.15, 0.2) is 42.5 Å². The van der Waals surface area contributed by atoms with Crippen LogP contribution in [0.1, 0.15) is 46.3 Å². The van der Waals surface area contributed by atoms with E-state index in [1.807, 2.05) is 38.1 Å². The van der Waals surface area contributed by atoms with Gasteiger partial charge >= 0.3 is 5.97 Å². The van der Waals surface area contributed by atoms with Crippen LogP contribution in [0.4, 0.5) is 5.69 Å². The van der Waals surface area contributed by atoms with Crippen molar-refractivity contribution < 1.29 is 19.4 Å². The molecule has 1 atom stereocenters. The SMILES string of the molecule is COCc1cc(NC(=O)CC(C)c2ccccc2C)cc(C(=O)O)c1. The zero-order chi connectivity index (χ0) is 18.4. The van der Waals surface area contributed by atoms with Crippen LogP contribution >= 0.6 is 0 Å². The summed E-state index contributed by atoms with van der Waals surface area (Å²) in [6.45, 7) is 4.31. The number of carbonyl (C=O) groups excluding carboxylic acids is 1. The first-order valence-corrected chi connectivity index (χ1v) is 8.12. The molecule has 2 N–H and O–H groups in total. The first-order chi connectivity index (χ1) is 11.9. The second kappa shape index (κ2) is 8.44. The average molecular weight is 341 g/mol. The number of aromatic carboxylic acids is 1. The molecule has 0 fully saturated rings. The van der Waals surface area contributed by atoms with E-state index in [4.69, 9.17) is 4.74 Å². The lowest BCUT2D eigenvalue weighted by atomic mass is 9.93. The van der Waals surface area contributed by atoms with Crippen molar-refractivity contribution in [1.29, 1.82) is 0 Å². The fourth-order valence-corrected chi connectivity index (χ4v) is 2.88. The van der Waals surface area contributed by atoms with Gasteiger partial charge < -0.3 is 15.2 Å². The van der Waals surface area contributed by atoms with E-state index in [1.165, 1.54) is 19.2 Å². The lowest BCUT2D eigenvalue weighted by molar-refractivity contribution is -0.116. The topological polar surface area (TPSA) is 75.6 Å². The number of nitrogens with one attached hydrogen (secondary N) is 1. The predicted molar refractivity (Wildman–Crippen MR) is 97.0 cm³/mol. The van der Waals surface area contributed by atoms with Gasteiger partial charge in [-0.05, 0) is 47.7 Å². The van der Waals surface area contributed by atoms with Gasteiger partial charge in [-0.15, -0.1) is 0 Å². The zero-order valence-electron chi connectivity index (χ0n) is 14.7. The van der Waals surface area contributed by atoms with Gasteiger partial charge in [0.15, 0.2) is 0 Å². The van der Waals surface area contributed by atoms with E-state index in [1.54, 1.807) is 6.07 Å². The molecule has 0 aliphatic heterocycles. The lowest BCUT2D eigenvalue weighted by Crippen LogP contribution is -2.15. The van der Waals surface area contributed by atoms with E-state index in [9.17, 15) is 14.7 Å². The molecule has 132 valence electrons. The minimum Gasteiger partial charge on any atom is -0.478 e. The van der Waals surface area contributed by atoms with E-state index in [0.29, 0.717) is 17.7 Å². The maximum absolute atomic E-state index is 12.4. The number of anilines is 1. The summed E-state index contributed by atoms with van der Waals surface area (Å²) in [5.74, 6) is -1.12. The summed E-state index contributed by atoms with van der Waals surface area (Å²) in [5, 5.41) is 12.0. The number of aryl methyl sites for hydroxylation is 1. The van der Waals surface area contributed by atoms with Gasteiger partial charge in [-0.2, -0.15) is 0 Å². The Morgan fingerprint density at radius 3 is 2.56 bits per heavy atom. The van der Waals surface area contributed by atoms with E-state index >= 15 is 0 Å². The molecular weight excluding hydrogens is 318 g/mol. The minimum atomic E-state index is -1.04. The molecule has 5 nitrogen and oxygen atoms in total. The summed E-state index contributed by atoms with van der Waals surface area (Å²) in [7, 11) is 1.54. The fraction of sp³-hybridized carbons (Fsp3) is 0.300. The van der Waals surface area contributed by atoms with Crippen molar-refractivity contribution in [2.75, 3.05) is 12.4 Å². The molecule has 0 aliphatic rings. The third-order valence-corrected chi connectivity index (χ3v) is 4.05. The Kier molecular flexibility index (Phi) is 6.31. The quantitative estimate of drug-likeness (QED) is 0.799. The largest absolute Gasteiger partial charge is 0.478 e. The summed E-state index contributed by atoms with van der Waals surface area (Å²) in [6, 6.07) is 12.7. The normalized spacial score (nSPS) is 11.8. The fourth-order valence-electron chi connectivity index (χ4n) is 2.88. The molecule has 0 heterocycles. The predicted octanol–water partition coefficient (Wildman–Crippen LogP) is 3.97. The monoisotopic (exact) mass is 341 g/mol. The number of hydrogen-bond acceptors (Lipinski definition) is 3. The Bertz CT molecular complexity index is 770. The van der Waals surface area contributed by atoms with Crippen molar-refractivity contribution in [2.24, 2.45) is 0 Å². The minimum absolute atomic E-state index is 0.0716. The number of methoxy groups -OCH3 is 1. The van der Waals surface area contributed by atoms with Gasteiger partial charge in [0, 0.05) is 19.2 Å². The molecule has 2 rings (SSSR count). The molecule has 0 saturated heterocycles. The van der Waals surface area contributed by atoms with Crippen LogP contribution in [-0.4, -0.2) is 24.1 Å². The Balaban J connectivity index is 2.12. The Labute approximate surface area is 147 Å². The number of carbonyl (C=O) groups is 2. The molecule has 25 heavy (non-hydrogen) atoms. The second-order valence-electron chi connectivity index (χ2n) is 6.17. The molecule has 0 aliphatic carbocycles. The number of hydrogen-bond donors (Lipinski definition) is 2. The van der Waals surface area contributed by atoms with Crippen LogP contribution in [0.5, 0.6) is 0 Å². The van der Waals surface area contributed by atoms with Crippen molar-refractivity contribution in [3.8, 4) is 0 Å². The highest BCUT2D eigenvalue weighted by atomic mass is 16.5. The third-order valence-electron chi connectivity index (χ3n) is 4.05. The van der Waals surface area contributed by atoms with Crippen LogP contribution in [0, 0.1) is 6.92 Å². The number of ether oxygens (including phenoxy) is 1. The smallest absolute Gasteiger partial charge is 0.335 e. The van der Waals surface area contributed by atoms with E-state index in [0.717, 1.165) is 11.1 Å². The first kappa shape index (κ1) is 18.7. The zero-order valence-corrected chi connectivity index (χ0v) is 14.7. The molecule has 0 spiro atoms. The van der Waals surface area contributed by atoms with Crippen molar-refractivity contribution in [3.63, 3.8) is 0 Å². The number of carboxylic acid groups (broad SMARTS) is 1. The highest BCUT2D eigenvalue weighted by molar-refractivity contribution is 5.94. The third kappa shape index (κ3) is 5.16. The number of carboxylic acids is 1. The Morgan fingerprint density at radius 2 is 1.92 bits per heavy atom. The van der Waals surface area contributed by atoms with Crippen LogP contribution in [0.2, 0.25) is 0 Å². The Morgan fingerprint density at radius 1 is 1.20 bits per heavy atom. The first-order valence-electron chi connectivity index (χ1n) is 8.12. The van der Waals surface area contributed by atoms with Crippen molar-refractivity contribution in [2.45, 2.75) is 32.8 Å². The summed E-state index contributed by atoms with van der Waals surface area (Å²) < 4.78 is 5.05. The summed E-state index contributed by atoms with van der Waals surface area (Å²) in [5.41, 5.74) is 3.57. The molecule has 0 aromatic heterocycles. The van der Waals surface area contributed by atoms with Crippen molar-refractivity contribution in [1.82, 2.24) is 0 Å². The number of rotatable bonds is 7. The molecule has 0 radical (unpaired) electrons. The lowest BCUT2D eigenvalue weighted by Gasteiger charge is -2.15. The standard InChI is InChI=1S/C20H23NO4/c1-13-6-4-5-7-18(13)14(2)8-19(22)21-17-10-15(12-25-3)9-16(11-17)20(23)24/h4-7,9-11,14H,8,12H2,1-3H3,(H,21,22)(H,23,24). The molecule has 5 heteroatoms. The maximum atomic E-state index is 12.4. The van der Waals surface area contributed by atoms with Crippen molar-refractivity contribution in [3.05, 3.63) is 64.7 Å². The number of amides is 1. The van der Waals surface area contributed by atoms with Gasteiger partial charge in [-0.3, -0.25) is 4.79 Å². The molecule has 0 saturated carbocycles. The van der Waals surface area contributed by atoms with Crippen LogP contribution in [0.3, 0.4) is 0 Å². The van der Waals surface area contributed by atoms with E-state index in [-0.39, 0.29) is 24.0 Å². The van der Waals surface area contributed by atoms with Gasteiger partial charge in [0.25, 0.3) is 0 Å². The second-order valence-corrected chi connectivity index (χ2v) is 6.17. The summed E-state index contributed by atoms with van der Waals surface area (Å²) in [6.07, 6.45) is 0.321. The van der Waals surface area contributed by atoms with E-state index < -0.39 is 5.97 Å². The molecule has 0 bridgehead atoms. The van der Waals surface area contributed by atoms with Gasteiger partial charge in [-0.25, -0.2) is 4.79 Å². The summed E-state index contributed by atoms with van der Waals surface area (Å²) in [4.78, 5) is 23.6. The van der Waals surface area contributed by atoms with Crippen LogP contribution < -0.4 is 5.32 Å². The molecule has 1 amide bonds. The molecule has 2 aromatic rings. The highest BCUT2D eigenvalue weighted by Gasteiger charge is 2.14.